The molecular weight excluding hydrogens is 302 g/mol. The van der Waals surface area contributed by atoms with Crippen LogP contribution in [-0.4, -0.2) is 20.1 Å². The Kier molecular flexibility index (Phi) is 5.41. The highest BCUT2D eigenvalue weighted by Crippen LogP contribution is 2.25. The Morgan fingerprint density at radius 1 is 1.23 bits per heavy atom. The van der Waals surface area contributed by atoms with E-state index in [4.69, 9.17) is 21.1 Å². The summed E-state index contributed by atoms with van der Waals surface area (Å²) in [4.78, 5) is 12.4. The summed E-state index contributed by atoms with van der Waals surface area (Å²) in [5.74, 6) is 0.489. The second kappa shape index (κ2) is 7.29. The Labute approximate surface area is 135 Å². The summed E-state index contributed by atoms with van der Waals surface area (Å²) in [5.41, 5.74) is 2.89. The van der Waals surface area contributed by atoms with Crippen LogP contribution in [0, 0.1) is 6.92 Å². The first kappa shape index (κ1) is 16.3. The molecular formula is C17H18ClNO3. The van der Waals surface area contributed by atoms with Crippen molar-refractivity contribution in [2.75, 3.05) is 19.5 Å². The quantitative estimate of drug-likeness (QED) is 0.904. The third kappa shape index (κ3) is 3.59. The second-order valence-corrected chi connectivity index (χ2v) is 5.23. The monoisotopic (exact) mass is 319 g/mol. The fourth-order valence-electron chi connectivity index (χ4n) is 2.13. The predicted molar refractivity (Wildman–Crippen MR) is 87.8 cm³/mol. The minimum Gasteiger partial charge on any atom is -0.496 e. The number of hydrogen-bond donors (Lipinski definition) is 1. The van der Waals surface area contributed by atoms with Gasteiger partial charge in [-0.2, -0.15) is 0 Å². The second-order valence-electron chi connectivity index (χ2n) is 4.83. The maximum atomic E-state index is 12.4. The number of carbonyl (C=O) groups excluding carboxylic acids is 1. The number of carbonyl (C=O) groups is 1. The number of benzene rings is 2. The summed E-state index contributed by atoms with van der Waals surface area (Å²) in [7, 11) is 3.19. The molecule has 2 rings (SSSR count). The first-order valence-corrected chi connectivity index (χ1v) is 7.17. The molecule has 1 amide bonds. The topological polar surface area (TPSA) is 47.6 Å². The third-order valence-electron chi connectivity index (χ3n) is 3.36. The van der Waals surface area contributed by atoms with Gasteiger partial charge in [-0.3, -0.25) is 4.79 Å². The van der Waals surface area contributed by atoms with Crippen LogP contribution in [0.2, 0.25) is 5.02 Å². The molecule has 0 saturated heterocycles. The molecule has 0 radical (unpaired) electrons. The Bertz CT molecular complexity index is 686. The standard InChI is InChI=1S/C17H18ClNO3/c1-11-14(18)5-4-6-15(11)19-17(20)12-7-8-16(22-3)13(9-12)10-21-2/h4-9H,10H2,1-3H3,(H,19,20). The number of amides is 1. The van der Waals surface area contributed by atoms with Crippen LogP contribution >= 0.6 is 11.6 Å². The van der Waals surface area contributed by atoms with Crippen LogP contribution in [0.15, 0.2) is 36.4 Å². The molecule has 116 valence electrons. The number of hydrogen-bond acceptors (Lipinski definition) is 3. The van der Waals surface area contributed by atoms with E-state index in [9.17, 15) is 4.79 Å². The predicted octanol–water partition coefficient (Wildman–Crippen LogP) is 4.06. The molecule has 0 heterocycles. The van der Waals surface area contributed by atoms with Gasteiger partial charge in [-0.1, -0.05) is 17.7 Å². The number of rotatable bonds is 5. The van der Waals surface area contributed by atoms with Crippen molar-refractivity contribution in [2.24, 2.45) is 0 Å². The van der Waals surface area contributed by atoms with Crippen molar-refractivity contribution in [1.82, 2.24) is 0 Å². The Balaban J connectivity index is 2.26. The summed E-state index contributed by atoms with van der Waals surface area (Å²) < 4.78 is 10.4. The number of nitrogens with one attached hydrogen (secondary N) is 1. The average molecular weight is 320 g/mol. The summed E-state index contributed by atoms with van der Waals surface area (Å²) in [6, 6.07) is 10.6. The van der Waals surface area contributed by atoms with Crippen LogP contribution in [0.1, 0.15) is 21.5 Å². The third-order valence-corrected chi connectivity index (χ3v) is 3.77. The molecule has 2 aromatic carbocycles. The Hall–Kier alpha value is -2.04. The maximum Gasteiger partial charge on any atom is 0.255 e. The van der Waals surface area contributed by atoms with Crippen molar-refractivity contribution in [3.05, 3.63) is 58.1 Å². The van der Waals surface area contributed by atoms with Gasteiger partial charge in [0.2, 0.25) is 0 Å². The fourth-order valence-corrected chi connectivity index (χ4v) is 2.30. The van der Waals surface area contributed by atoms with Gasteiger partial charge in [0.15, 0.2) is 0 Å². The molecule has 2 aromatic rings. The summed E-state index contributed by atoms with van der Waals surface area (Å²) in [6.45, 7) is 2.24. The molecule has 0 unspecified atom stereocenters. The molecule has 0 aliphatic carbocycles. The lowest BCUT2D eigenvalue weighted by Crippen LogP contribution is -2.13. The van der Waals surface area contributed by atoms with Crippen LogP contribution in [0.5, 0.6) is 5.75 Å². The zero-order valence-electron chi connectivity index (χ0n) is 12.8. The minimum absolute atomic E-state index is 0.203. The lowest BCUT2D eigenvalue weighted by atomic mass is 10.1. The van der Waals surface area contributed by atoms with Crippen LogP contribution in [-0.2, 0) is 11.3 Å². The number of anilines is 1. The van der Waals surface area contributed by atoms with E-state index in [1.54, 1.807) is 44.6 Å². The summed E-state index contributed by atoms with van der Waals surface area (Å²) >= 11 is 6.06. The average Bonchev–Trinajstić information content (AvgIpc) is 2.52. The van der Waals surface area contributed by atoms with Gasteiger partial charge in [0.05, 0.1) is 13.7 Å². The van der Waals surface area contributed by atoms with Gasteiger partial charge in [0.25, 0.3) is 5.91 Å². The highest BCUT2D eigenvalue weighted by atomic mass is 35.5. The molecule has 0 spiro atoms. The number of halogens is 1. The molecule has 0 fully saturated rings. The van der Waals surface area contributed by atoms with Crippen molar-refractivity contribution < 1.29 is 14.3 Å². The first-order valence-electron chi connectivity index (χ1n) is 6.79. The molecule has 5 heteroatoms. The van der Waals surface area contributed by atoms with Gasteiger partial charge in [-0.05, 0) is 42.8 Å². The van der Waals surface area contributed by atoms with E-state index < -0.39 is 0 Å². The van der Waals surface area contributed by atoms with E-state index in [1.165, 1.54) is 0 Å². The molecule has 22 heavy (non-hydrogen) atoms. The van der Waals surface area contributed by atoms with Gasteiger partial charge < -0.3 is 14.8 Å². The number of ether oxygens (including phenoxy) is 2. The van der Waals surface area contributed by atoms with Gasteiger partial charge in [-0.25, -0.2) is 0 Å². The molecule has 4 nitrogen and oxygen atoms in total. The van der Waals surface area contributed by atoms with Crippen molar-refractivity contribution >= 4 is 23.2 Å². The van der Waals surface area contributed by atoms with E-state index in [0.29, 0.717) is 28.6 Å². The Morgan fingerprint density at radius 3 is 2.68 bits per heavy atom. The molecule has 0 atom stereocenters. The summed E-state index contributed by atoms with van der Waals surface area (Å²) in [5, 5.41) is 3.49. The molecule has 0 bridgehead atoms. The summed E-state index contributed by atoms with van der Waals surface area (Å²) in [6.07, 6.45) is 0. The highest BCUT2D eigenvalue weighted by molar-refractivity contribution is 6.31. The van der Waals surface area contributed by atoms with E-state index in [0.717, 1.165) is 11.1 Å². The van der Waals surface area contributed by atoms with Gasteiger partial charge in [0.1, 0.15) is 5.75 Å². The van der Waals surface area contributed by atoms with Crippen molar-refractivity contribution in [2.45, 2.75) is 13.5 Å². The van der Waals surface area contributed by atoms with Gasteiger partial charge in [-0.15, -0.1) is 0 Å². The SMILES string of the molecule is COCc1cc(C(=O)Nc2cccc(Cl)c2C)ccc1OC. The zero-order chi connectivity index (χ0) is 16.1. The number of methoxy groups -OCH3 is 2. The van der Waals surface area contributed by atoms with E-state index >= 15 is 0 Å². The fraction of sp³-hybridized carbons (Fsp3) is 0.235. The normalized spacial score (nSPS) is 10.4. The van der Waals surface area contributed by atoms with Gasteiger partial charge >= 0.3 is 0 Å². The zero-order valence-corrected chi connectivity index (χ0v) is 13.5. The van der Waals surface area contributed by atoms with Crippen molar-refractivity contribution in [1.29, 1.82) is 0 Å². The molecule has 1 N–H and O–H groups in total. The molecule has 0 aromatic heterocycles. The molecule has 0 saturated carbocycles. The Morgan fingerprint density at radius 2 is 2.00 bits per heavy atom. The van der Waals surface area contributed by atoms with Crippen LogP contribution in [0.4, 0.5) is 5.69 Å². The van der Waals surface area contributed by atoms with Crippen molar-refractivity contribution in [3.8, 4) is 5.75 Å². The molecule has 0 aliphatic rings. The van der Waals surface area contributed by atoms with Gasteiger partial charge in [0, 0.05) is 28.9 Å². The van der Waals surface area contributed by atoms with Crippen molar-refractivity contribution in [3.63, 3.8) is 0 Å². The maximum absolute atomic E-state index is 12.4. The largest absolute Gasteiger partial charge is 0.496 e. The first-order chi connectivity index (χ1) is 10.6. The van der Waals surface area contributed by atoms with Crippen LogP contribution in [0.3, 0.4) is 0 Å². The highest BCUT2D eigenvalue weighted by Gasteiger charge is 2.12. The molecule has 0 aliphatic heterocycles. The lowest BCUT2D eigenvalue weighted by molar-refractivity contribution is 0.102. The van der Waals surface area contributed by atoms with E-state index in [1.807, 2.05) is 13.0 Å². The van der Waals surface area contributed by atoms with Crippen LogP contribution in [0.25, 0.3) is 0 Å². The van der Waals surface area contributed by atoms with E-state index in [2.05, 4.69) is 5.32 Å². The smallest absolute Gasteiger partial charge is 0.255 e. The van der Waals surface area contributed by atoms with E-state index in [-0.39, 0.29) is 5.91 Å². The lowest BCUT2D eigenvalue weighted by Gasteiger charge is -2.12. The minimum atomic E-state index is -0.203. The van der Waals surface area contributed by atoms with Crippen LogP contribution < -0.4 is 10.1 Å².